The van der Waals surface area contributed by atoms with E-state index in [0.29, 0.717) is 17.7 Å². The van der Waals surface area contributed by atoms with Gasteiger partial charge < -0.3 is 9.80 Å². The molecule has 1 fully saturated rings. The summed E-state index contributed by atoms with van der Waals surface area (Å²) in [6.45, 7) is 9.80. The second-order valence-corrected chi connectivity index (χ2v) is 6.93. The number of amides is 2. The molecule has 2 rings (SSSR count). The van der Waals surface area contributed by atoms with Gasteiger partial charge >= 0.3 is 0 Å². The maximum Gasteiger partial charge on any atom is 0.255 e. The molecule has 124 valence electrons. The molecular formula is C18H24N2O3. The van der Waals surface area contributed by atoms with Gasteiger partial charge in [-0.2, -0.15) is 0 Å². The summed E-state index contributed by atoms with van der Waals surface area (Å²) < 4.78 is 0. The van der Waals surface area contributed by atoms with Gasteiger partial charge in [0, 0.05) is 18.2 Å². The molecule has 0 N–H and O–H groups in total. The number of nitrogens with zero attached hydrogens (tertiary/aromatic N) is 2. The second-order valence-electron chi connectivity index (χ2n) is 6.93. The van der Waals surface area contributed by atoms with Crippen LogP contribution in [0.1, 0.15) is 55.3 Å². The lowest BCUT2D eigenvalue weighted by Gasteiger charge is -2.48. The molecule has 0 aliphatic carbocycles. The van der Waals surface area contributed by atoms with E-state index in [2.05, 4.69) is 0 Å². The molecule has 0 unspecified atom stereocenters. The highest BCUT2D eigenvalue weighted by Crippen LogP contribution is 2.26. The molecule has 0 saturated carbocycles. The van der Waals surface area contributed by atoms with Crippen LogP contribution in [0.5, 0.6) is 0 Å². The van der Waals surface area contributed by atoms with Gasteiger partial charge in [0.2, 0.25) is 5.91 Å². The molecule has 1 saturated heterocycles. The van der Waals surface area contributed by atoms with Crippen molar-refractivity contribution in [2.24, 2.45) is 0 Å². The average molecular weight is 316 g/mol. The van der Waals surface area contributed by atoms with Crippen LogP contribution in [0.4, 0.5) is 0 Å². The summed E-state index contributed by atoms with van der Waals surface area (Å²) in [5, 5.41) is 0. The lowest BCUT2D eigenvalue weighted by Crippen LogP contribution is -2.64. The fourth-order valence-corrected chi connectivity index (χ4v) is 3.45. The molecule has 0 radical (unpaired) electrons. The van der Waals surface area contributed by atoms with Gasteiger partial charge in [-0.3, -0.25) is 14.4 Å². The van der Waals surface area contributed by atoms with Crippen molar-refractivity contribution >= 4 is 17.6 Å². The Bertz CT molecular complexity index is 649. The molecule has 0 bridgehead atoms. The van der Waals surface area contributed by atoms with Crippen LogP contribution in [0.15, 0.2) is 24.3 Å². The third-order valence-corrected chi connectivity index (χ3v) is 4.17. The van der Waals surface area contributed by atoms with Crippen molar-refractivity contribution in [3.8, 4) is 0 Å². The zero-order valence-corrected chi connectivity index (χ0v) is 14.4. The zero-order chi connectivity index (χ0) is 17.4. The summed E-state index contributed by atoms with van der Waals surface area (Å²) >= 11 is 0. The third kappa shape index (κ3) is 3.28. The predicted molar refractivity (Wildman–Crippen MR) is 88.4 cm³/mol. The Kier molecular flexibility index (Phi) is 4.59. The largest absolute Gasteiger partial charge is 0.332 e. The maximum absolute atomic E-state index is 12.8. The summed E-state index contributed by atoms with van der Waals surface area (Å²) in [4.78, 5) is 40.4. The first kappa shape index (κ1) is 17.2. The van der Waals surface area contributed by atoms with Crippen LogP contribution >= 0.6 is 0 Å². The van der Waals surface area contributed by atoms with Crippen LogP contribution in [-0.2, 0) is 4.79 Å². The Hall–Kier alpha value is -2.17. The van der Waals surface area contributed by atoms with E-state index < -0.39 is 5.54 Å². The lowest BCUT2D eigenvalue weighted by molar-refractivity contribution is -0.146. The summed E-state index contributed by atoms with van der Waals surface area (Å²) in [5.41, 5.74) is 0.320. The Balaban J connectivity index is 2.32. The monoisotopic (exact) mass is 316 g/mol. The first-order chi connectivity index (χ1) is 10.6. The molecule has 5 nitrogen and oxygen atoms in total. The van der Waals surface area contributed by atoms with Gasteiger partial charge in [-0.05, 0) is 40.7 Å². The molecule has 2 amide bonds. The predicted octanol–water partition coefficient (Wildman–Crippen LogP) is 2.36. The Morgan fingerprint density at radius 3 is 2.17 bits per heavy atom. The smallest absolute Gasteiger partial charge is 0.255 e. The highest BCUT2D eigenvalue weighted by Gasteiger charge is 2.41. The molecule has 1 aromatic rings. The molecule has 1 aliphatic rings. The van der Waals surface area contributed by atoms with Gasteiger partial charge in [-0.15, -0.1) is 0 Å². The molecule has 0 spiro atoms. The maximum atomic E-state index is 12.8. The zero-order valence-electron chi connectivity index (χ0n) is 14.4. The quantitative estimate of drug-likeness (QED) is 0.804. The number of piperazine rings is 1. The minimum atomic E-state index is -0.440. The van der Waals surface area contributed by atoms with Crippen molar-refractivity contribution in [1.82, 2.24) is 9.80 Å². The van der Waals surface area contributed by atoms with E-state index in [0.717, 1.165) is 0 Å². The van der Waals surface area contributed by atoms with Crippen LogP contribution in [0.3, 0.4) is 0 Å². The summed E-state index contributed by atoms with van der Waals surface area (Å²) in [5.74, 6) is -0.481. The van der Waals surface area contributed by atoms with Crippen LogP contribution < -0.4 is 0 Å². The van der Waals surface area contributed by atoms with E-state index in [1.807, 2.05) is 32.6 Å². The minimum Gasteiger partial charge on any atom is -0.332 e. The number of ketones is 1. The fourth-order valence-electron chi connectivity index (χ4n) is 3.45. The van der Waals surface area contributed by atoms with Crippen molar-refractivity contribution in [3.05, 3.63) is 35.4 Å². The Morgan fingerprint density at radius 1 is 1.13 bits per heavy atom. The summed E-state index contributed by atoms with van der Waals surface area (Å²) in [6.07, 6.45) is 0. The van der Waals surface area contributed by atoms with Crippen molar-refractivity contribution in [3.63, 3.8) is 0 Å². The van der Waals surface area contributed by atoms with E-state index >= 15 is 0 Å². The molecule has 1 aliphatic heterocycles. The van der Waals surface area contributed by atoms with E-state index in [9.17, 15) is 14.4 Å². The van der Waals surface area contributed by atoms with Crippen molar-refractivity contribution in [1.29, 1.82) is 0 Å². The molecule has 1 aromatic carbocycles. The van der Waals surface area contributed by atoms with Crippen LogP contribution in [0, 0.1) is 0 Å². The number of carbonyl (C=O) groups excluding carboxylic acids is 3. The van der Waals surface area contributed by atoms with Crippen molar-refractivity contribution < 1.29 is 14.4 Å². The number of Topliss-reactive ketones (excluding diaryl/α,β-unsaturated/α-hetero) is 1. The fraction of sp³-hybridized carbons (Fsp3) is 0.500. The molecular weight excluding hydrogens is 292 g/mol. The summed E-state index contributed by atoms with van der Waals surface area (Å²) in [7, 11) is 0. The van der Waals surface area contributed by atoms with Crippen LogP contribution in [-0.4, -0.2) is 52.1 Å². The van der Waals surface area contributed by atoms with E-state index in [1.165, 1.54) is 6.92 Å². The standard InChI is InChI=1S/C18H24N2O3/c1-12(2)20-16(22)10-19(11-18(20,4)5)17(23)15-9-7-6-8-14(15)13(3)21/h6-9,12H,10-11H2,1-5H3. The first-order valence-electron chi connectivity index (χ1n) is 7.86. The lowest BCUT2D eigenvalue weighted by atomic mass is 9.95. The van der Waals surface area contributed by atoms with Crippen LogP contribution in [0.2, 0.25) is 0 Å². The molecule has 23 heavy (non-hydrogen) atoms. The van der Waals surface area contributed by atoms with E-state index in [4.69, 9.17) is 0 Å². The molecule has 1 heterocycles. The molecule has 5 heteroatoms. The highest BCUT2D eigenvalue weighted by atomic mass is 16.2. The number of hydrogen-bond donors (Lipinski definition) is 0. The Labute approximate surface area is 137 Å². The van der Waals surface area contributed by atoms with Crippen molar-refractivity contribution in [2.75, 3.05) is 13.1 Å². The number of benzene rings is 1. The molecule has 0 atom stereocenters. The topological polar surface area (TPSA) is 57.7 Å². The van der Waals surface area contributed by atoms with Gasteiger partial charge in [0.1, 0.15) is 6.54 Å². The second kappa shape index (κ2) is 6.14. The van der Waals surface area contributed by atoms with Gasteiger partial charge in [-0.25, -0.2) is 0 Å². The van der Waals surface area contributed by atoms with Crippen molar-refractivity contribution in [2.45, 2.75) is 46.2 Å². The van der Waals surface area contributed by atoms with Gasteiger partial charge in [-0.1, -0.05) is 18.2 Å². The van der Waals surface area contributed by atoms with Gasteiger partial charge in [0.15, 0.2) is 5.78 Å². The summed E-state index contributed by atoms with van der Waals surface area (Å²) in [6, 6.07) is 6.84. The third-order valence-electron chi connectivity index (χ3n) is 4.17. The van der Waals surface area contributed by atoms with Gasteiger partial charge in [0.05, 0.1) is 11.1 Å². The SMILES string of the molecule is CC(=O)c1ccccc1C(=O)N1CC(=O)N(C(C)C)C(C)(C)C1. The van der Waals surface area contributed by atoms with Crippen LogP contribution in [0.25, 0.3) is 0 Å². The minimum absolute atomic E-state index is 0.0483. The number of rotatable bonds is 3. The molecule has 0 aromatic heterocycles. The van der Waals surface area contributed by atoms with E-state index in [-0.39, 0.29) is 30.2 Å². The van der Waals surface area contributed by atoms with Gasteiger partial charge in [0.25, 0.3) is 5.91 Å². The number of carbonyl (C=O) groups is 3. The highest BCUT2D eigenvalue weighted by molar-refractivity contribution is 6.08. The average Bonchev–Trinajstić information content (AvgIpc) is 2.44. The van der Waals surface area contributed by atoms with E-state index in [1.54, 1.807) is 29.2 Å². The number of hydrogen-bond acceptors (Lipinski definition) is 3. The normalized spacial score (nSPS) is 17.6. The Morgan fingerprint density at radius 2 is 1.70 bits per heavy atom. The first-order valence-corrected chi connectivity index (χ1v) is 7.86.